The molecule has 0 atom stereocenters. The summed E-state index contributed by atoms with van der Waals surface area (Å²) in [6.07, 6.45) is 0.174. The molecule has 0 saturated heterocycles. The van der Waals surface area contributed by atoms with E-state index in [1.54, 1.807) is 25.1 Å². The first-order valence-electron chi connectivity index (χ1n) is 7.69. The monoisotopic (exact) mass is 315 g/mol. The second kappa shape index (κ2) is 7.88. The normalized spacial score (nSPS) is 10.8. The lowest BCUT2D eigenvalue weighted by Crippen LogP contribution is -2.22. The van der Waals surface area contributed by atoms with Crippen LogP contribution in [0.2, 0.25) is 0 Å². The van der Waals surface area contributed by atoms with E-state index in [2.05, 4.69) is 5.32 Å². The van der Waals surface area contributed by atoms with Crippen molar-refractivity contribution in [1.29, 1.82) is 0 Å². The van der Waals surface area contributed by atoms with E-state index >= 15 is 0 Å². The van der Waals surface area contributed by atoms with Crippen LogP contribution >= 0.6 is 0 Å². The van der Waals surface area contributed by atoms with Gasteiger partial charge in [-0.3, -0.25) is 4.79 Å². The highest BCUT2D eigenvalue weighted by Crippen LogP contribution is 2.10. The van der Waals surface area contributed by atoms with Crippen LogP contribution in [-0.4, -0.2) is 12.0 Å². The van der Waals surface area contributed by atoms with Crippen molar-refractivity contribution in [1.82, 2.24) is 5.32 Å². The van der Waals surface area contributed by atoms with Crippen molar-refractivity contribution < 1.29 is 13.9 Å². The van der Waals surface area contributed by atoms with E-state index in [0.29, 0.717) is 24.3 Å². The number of nitrogens with one attached hydrogen (secondary N) is 1. The molecule has 0 spiro atoms. The Morgan fingerprint density at radius 2 is 1.78 bits per heavy atom. The summed E-state index contributed by atoms with van der Waals surface area (Å²) >= 11 is 0. The Morgan fingerprint density at radius 1 is 1.13 bits per heavy atom. The van der Waals surface area contributed by atoms with Gasteiger partial charge in [-0.2, -0.15) is 0 Å². The predicted molar refractivity (Wildman–Crippen MR) is 88.7 cm³/mol. The minimum absolute atomic E-state index is 0.174. The van der Waals surface area contributed by atoms with Gasteiger partial charge < -0.3 is 10.1 Å². The van der Waals surface area contributed by atoms with Gasteiger partial charge in [-0.1, -0.05) is 24.3 Å². The quantitative estimate of drug-likeness (QED) is 0.875. The molecule has 0 aliphatic heterocycles. The molecule has 0 fully saturated rings. The van der Waals surface area contributed by atoms with Gasteiger partial charge in [0.15, 0.2) is 0 Å². The van der Waals surface area contributed by atoms with Crippen LogP contribution in [0.25, 0.3) is 0 Å². The maximum absolute atomic E-state index is 13.5. The summed E-state index contributed by atoms with van der Waals surface area (Å²) in [6, 6.07) is 12.3. The molecule has 0 aliphatic carbocycles. The van der Waals surface area contributed by atoms with Gasteiger partial charge in [-0.05, 0) is 55.7 Å². The van der Waals surface area contributed by atoms with Gasteiger partial charge in [-0.15, -0.1) is 0 Å². The zero-order valence-electron chi connectivity index (χ0n) is 13.7. The van der Waals surface area contributed by atoms with Gasteiger partial charge in [0.1, 0.15) is 5.82 Å². The number of ether oxygens (including phenoxy) is 1. The van der Waals surface area contributed by atoms with Crippen molar-refractivity contribution in [2.75, 3.05) is 0 Å². The molecule has 0 aromatic heterocycles. The number of aryl methyl sites for hydroxylation is 1. The molecule has 2 rings (SSSR count). The predicted octanol–water partition coefficient (Wildman–Crippen LogP) is 3.99. The standard InChI is InChI=1S/C19H22FNO2/c1-13(2)23-12-15-6-8-17(9-7-15)19(22)21-11-16-5-4-14(3)18(20)10-16/h4-10,13H,11-12H2,1-3H3,(H,21,22). The second-order valence-electron chi connectivity index (χ2n) is 5.82. The third-order valence-corrected chi connectivity index (χ3v) is 3.49. The highest BCUT2D eigenvalue weighted by molar-refractivity contribution is 5.94. The third kappa shape index (κ3) is 5.18. The Balaban J connectivity index is 1.91. The lowest BCUT2D eigenvalue weighted by atomic mass is 10.1. The molecule has 122 valence electrons. The number of carbonyl (C=O) groups excluding carboxylic acids is 1. The van der Waals surface area contributed by atoms with E-state index in [1.807, 2.05) is 32.0 Å². The smallest absolute Gasteiger partial charge is 0.251 e. The minimum atomic E-state index is -0.258. The summed E-state index contributed by atoms with van der Waals surface area (Å²) in [7, 11) is 0. The highest BCUT2D eigenvalue weighted by Gasteiger charge is 2.06. The van der Waals surface area contributed by atoms with Gasteiger partial charge in [0.2, 0.25) is 0 Å². The van der Waals surface area contributed by atoms with Crippen LogP contribution in [0.15, 0.2) is 42.5 Å². The molecule has 0 heterocycles. The average molecular weight is 315 g/mol. The van der Waals surface area contributed by atoms with Crippen LogP contribution < -0.4 is 5.32 Å². The fraction of sp³-hybridized carbons (Fsp3) is 0.316. The molecular formula is C19H22FNO2. The lowest BCUT2D eigenvalue weighted by molar-refractivity contribution is 0.0657. The summed E-state index contributed by atoms with van der Waals surface area (Å²) in [6.45, 7) is 6.50. The number of hydrogen-bond donors (Lipinski definition) is 1. The van der Waals surface area contributed by atoms with Crippen molar-refractivity contribution in [3.8, 4) is 0 Å². The van der Waals surface area contributed by atoms with Crippen molar-refractivity contribution in [3.05, 3.63) is 70.5 Å². The van der Waals surface area contributed by atoms with Crippen molar-refractivity contribution in [2.24, 2.45) is 0 Å². The van der Waals surface area contributed by atoms with E-state index in [1.165, 1.54) is 6.07 Å². The van der Waals surface area contributed by atoms with Crippen LogP contribution in [0, 0.1) is 12.7 Å². The molecule has 0 radical (unpaired) electrons. The average Bonchev–Trinajstić information content (AvgIpc) is 2.54. The molecule has 0 unspecified atom stereocenters. The maximum atomic E-state index is 13.5. The molecular weight excluding hydrogens is 293 g/mol. The largest absolute Gasteiger partial charge is 0.374 e. The summed E-state index contributed by atoms with van der Waals surface area (Å²) in [5.74, 6) is -0.437. The highest BCUT2D eigenvalue weighted by atomic mass is 19.1. The van der Waals surface area contributed by atoms with Crippen LogP contribution in [0.3, 0.4) is 0 Å². The second-order valence-corrected chi connectivity index (χ2v) is 5.82. The Labute approximate surface area is 136 Å². The van der Waals surface area contributed by atoms with Crippen LogP contribution in [0.5, 0.6) is 0 Å². The molecule has 0 bridgehead atoms. The summed E-state index contributed by atoms with van der Waals surface area (Å²) in [5.41, 5.74) is 2.93. The number of rotatable bonds is 6. The zero-order chi connectivity index (χ0) is 16.8. The van der Waals surface area contributed by atoms with Gasteiger partial charge in [0.05, 0.1) is 12.7 Å². The first kappa shape index (κ1) is 17.2. The van der Waals surface area contributed by atoms with Crippen LogP contribution in [-0.2, 0) is 17.9 Å². The molecule has 1 amide bonds. The number of halogens is 1. The minimum Gasteiger partial charge on any atom is -0.374 e. The van der Waals surface area contributed by atoms with Gasteiger partial charge in [0, 0.05) is 12.1 Å². The summed E-state index contributed by atoms with van der Waals surface area (Å²) < 4.78 is 19.0. The fourth-order valence-electron chi connectivity index (χ4n) is 2.05. The third-order valence-electron chi connectivity index (χ3n) is 3.49. The van der Waals surface area contributed by atoms with Gasteiger partial charge >= 0.3 is 0 Å². The molecule has 0 saturated carbocycles. The Morgan fingerprint density at radius 3 is 2.39 bits per heavy atom. The van der Waals surface area contributed by atoms with Crippen molar-refractivity contribution in [2.45, 2.75) is 40.0 Å². The molecule has 2 aromatic rings. The van der Waals surface area contributed by atoms with Crippen molar-refractivity contribution >= 4 is 5.91 Å². The number of hydrogen-bond acceptors (Lipinski definition) is 2. The Hall–Kier alpha value is -2.20. The molecule has 4 heteroatoms. The lowest BCUT2D eigenvalue weighted by Gasteiger charge is -2.09. The summed E-state index contributed by atoms with van der Waals surface area (Å²) in [5, 5.41) is 2.79. The first-order valence-corrected chi connectivity index (χ1v) is 7.69. The molecule has 3 nitrogen and oxygen atoms in total. The summed E-state index contributed by atoms with van der Waals surface area (Å²) in [4.78, 5) is 12.1. The van der Waals surface area contributed by atoms with E-state index in [-0.39, 0.29) is 17.8 Å². The van der Waals surface area contributed by atoms with E-state index in [9.17, 15) is 9.18 Å². The Kier molecular flexibility index (Phi) is 5.88. The fourth-order valence-corrected chi connectivity index (χ4v) is 2.05. The van der Waals surface area contributed by atoms with Crippen LogP contribution in [0.1, 0.15) is 40.9 Å². The molecule has 2 aromatic carbocycles. The first-order chi connectivity index (χ1) is 11.0. The van der Waals surface area contributed by atoms with Gasteiger partial charge in [-0.25, -0.2) is 4.39 Å². The molecule has 0 aliphatic rings. The zero-order valence-corrected chi connectivity index (χ0v) is 13.7. The van der Waals surface area contributed by atoms with E-state index in [4.69, 9.17) is 4.74 Å². The number of benzene rings is 2. The molecule has 23 heavy (non-hydrogen) atoms. The number of carbonyl (C=O) groups is 1. The van der Waals surface area contributed by atoms with Crippen LogP contribution in [0.4, 0.5) is 4.39 Å². The SMILES string of the molecule is Cc1ccc(CNC(=O)c2ccc(COC(C)C)cc2)cc1F. The van der Waals surface area contributed by atoms with E-state index in [0.717, 1.165) is 11.1 Å². The maximum Gasteiger partial charge on any atom is 0.251 e. The van der Waals surface area contributed by atoms with Gasteiger partial charge in [0.25, 0.3) is 5.91 Å². The van der Waals surface area contributed by atoms with E-state index < -0.39 is 0 Å². The van der Waals surface area contributed by atoms with Crippen molar-refractivity contribution in [3.63, 3.8) is 0 Å². The Bertz CT molecular complexity index is 666. The number of amides is 1. The topological polar surface area (TPSA) is 38.3 Å². The molecule has 1 N–H and O–H groups in total.